The first kappa shape index (κ1) is 28.4. The summed E-state index contributed by atoms with van der Waals surface area (Å²) in [7, 11) is 1.63. The summed E-state index contributed by atoms with van der Waals surface area (Å²) in [5.74, 6) is 0.484. The van der Waals surface area contributed by atoms with Crippen LogP contribution in [0.4, 0.5) is 10.8 Å². The Morgan fingerprint density at radius 2 is 1.61 bits per heavy atom. The van der Waals surface area contributed by atoms with Gasteiger partial charge in [0.25, 0.3) is 0 Å². The van der Waals surface area contributed by atoms with Gasteiger partial charge in [0, 0.05) is 26.5 Å². The number of nitrogens with one attached hydrogen (secondary N) is 2. The summed E-state index contributed by atoms with van der Waals surface area (Å²) < 4.78 is 5.23. The number of hydrogen-bond donors (Lipinski definition) is 2. The molecule has 0 saturated carbocycles. The second-order valence-electron chi connectivity index (χ2n) is 9.04. The van der Waals surface area contributed by atoms with Crippen LogP contribution in [-0.4, -0.2) is 23.9 Å². The Labute approximate surface area is 251 Å². The molecule has 1 aromatic heterocycles. The van der Waals surface area contributed by atoms with E-state index in [1.54, 1.807) is 19.2 Å². The quantitative estimate of drug-likeness (QED) is 0.158. The van der Waals surface area contributed by atoms with Crippen molar-refractivity contribution < 1.29 is 14.3 Å². The van der Waals surface area contributed by atoms with E-state index in [0.29, 0.717) is 15.8 Å². The Morgan fingerprint density at radius 1 is 0.902 bits per heavy atom. The number of amides is 2. The fraction of sp³-hybridized carbons (Fsp3) is 0.0938. The van der Waals surface area contributed by atoms with Crippen LogP contribution in [0.5, 0.6) is 5.75 Å². The molecule has 5 rings (SSSR count). The number of carbonyl (C=O) groups excluding carboxylic acids is 2. The number of carbonyl (C=O) groups is 2. The minimum atomic E-state index is -0.505. The minimum Gasteiger partial charge on any atom is -0.497 e. The van der Waals surface area contributed by atoms with E-state index in [4.69, 9.17) is 16.3 Å². The van der Waals surface area contributed by atoms with Crippen LogP contribution >= 0.6 is 34.7 Å². The van der Waals surface area contributed by atoms with Crippen LogP contribution in [0, 0.1) is 0 Å². The highest BCUT2D eigenvalue weighted by Gasteiger charge is 2.23. The van der Waals surface area contributed by atoms with E-state index in [0.717, 1.165) is 33.0 Å². The Bertz CT molecular complexity index is 1610. The standard InChI is InChI=1S/C32H26ClN3O3S2/c1-39-26-15-9-22(10-16-26)28-20-40-32(35-28)36-31(38)30(23-5-3-2-4-6-23)41-27-17-13-25(14-18-27)34-29(37)19-21-7-11-24(33)12-8-21/h2-18,20,30H,19H2,1H3,(H,34,37)(H,35,36,38). The Kier molecular flexibility index (Phi) is 9.36. The molecule has 2 N–H and O–H groups in total. The van der Waals surface area contributed by atoms with Crippen molar-refractivity contribution in [3.05, 3.63) is 125 Å². The fourth-order valence-electron chi connectivity index (χ4n) is 4.04. The number of ether oxygens (including phenoxy) is 1. The summed E-state index contributed by atoms with van der Waals surface area (Å²) in [6, 6.07) is 31.9. The van der Waals surface area contributed by atoms with E-state index >= 15 is 0 Å². The summed E-state index contributed by atoms with van der Waals surface area (Å²) in [6.07, 6.45) is 0.251. The lowest BCUT2D eigenvalue weighted by Gasteiger charge is -2.16. The highest BCUT2D eigenvalue weighted by Crippen LogP contribution is 2.37. The van der Waals surface area contributed by atoms with Gasteiger partial charge in [-0.15, -0.1) is 23.1 Å². The maximum absolute atomic E-state index is 13.5. The van der Waals surface area contributed by atoms with E-state index in [1.807, 2.05) is 96.4 Å². The first-order chi connectivity index (χ1) is 20.0. The van der Waals surface area contributed by atoms with E-state index in [2.05, 4.69) is 15.6 Å². The van der Waals surface area contributed by atoms with Crippen molar-refractivity contribution in [2.75, 3.05) is 17.7 Å². The molecule has 9 heteroatoms. The number of aromatic nitrogens is 1. The monoisotopic (exact) mass is 599 g/mol. The molecular formula is C32H26ClN3O3S2. The van der Waals surface area contributed by atoms with Gasteiger partial charge >= 0.3 is 0 Å². The second kappa shape index (κ2) is 13.5. The first-order valence-corrected chi connectivity index (χ1v) is 14.9. The van der Waals surface area contributed by atoms with Crippen molar-refractivity contribution in [1.82, 2.24) is 4.98 Å². The van der Waals surface area contributed by atoms with Gasteiger partial charge in [-0.25, -0.2) is 4.98 Å². The number of thiazole rings is 1. The molecule has 1 atom stereocenters. The number of benzene rings is 4. The molecule has 1 unspecified atom stereocenters. The smallest absolute Gasteiger partial charge is 0.244 e. The third-order valence-corrected chi connectivity index (χ3v) is 8.41. The first-order valence-electron chi connectivity index (χ1n) is 12.7. The van der Waals surface area contributed by atoms with Crippen molar-refractivity contribution in [2.45, 2.75) is 16.6 Å². The lowest BCUT2D eigenvalue weighted by Crippen LogP contribution is -2.19. The molecule has 1 heterocycles. The van der Waals surface area contributed by atoms with E-state index in [1.165, 1.54) is 23.1 Å². The van der Waals surface area contributed by atoms with E-state index in [-0.39, 0.29) is 18.2 Å². The molecule has 0 aliphatic carbocycles. The number of nitrogens with zero attached hydrogens (tertiary/aromatic N) is 1. The molecule has 0 aliphatic rings. The van der Waals surface area contributed by atoms with Crippen molar-refractivity contribution in [3.63, 3.8) is 0 Å². The molecule has 0 spiro atoms. The number of hydrogen-bond acceptors (Lipinski definition) is 6. The van der Waals surface area contributed by atoms with Crippen LogP contribution in [0.1, 0.15) is 16.4 Å². The molecule has 2 amide bonds. The highest BCUT2D eigenvalue weighted by atomic mass is 35.5. The Hall–Kier alpha value is -4.11. The predicted octanol–water partition coefficient (Wildman–Crippen LogP) is 8.13. The second-order valence-corrected chi connectivity index (χ2v) is 11.5. The number of halogens is 1. The molecule has 0 saturated heterocycles. The highest BCUT2D eigenvalue weighted by molar-refractivity contribution is 8.00. The molecule has 206 valence electrons. The molecule has 5 aromatic rings. The van der Waals surface area contributed by atoms with Gasteiger partial charge < -0.3 is 15.4 Å². The van der Waals surface area contributed by atoms with Crippen molar-refractivity contribution in [3.8, 4) is 17.0 Å². The SMILES string of the molecule is COc1ccc(-c2csc(NC(=O)C(Sc3ccc(NC(=O)Cc4ccc(Cl)cc4)cc3)c3ccccc3)n2)cc1. The third kappa shape index (κ3) is 7.76. The van der Waals surface area contributed by atoms with Gasteiger partial charge in [0.2, 0.25) is 11.8 Å². The number of anilines is 2. The molecule has 6 nitrogen and oxygen atoms in total. The molecule has 0 aliphatic heterocycles. The molecule has 41 heavy (non-hydrogen) atoms. The maximum Gasteiger partial charge on any atom is 0.244 e. The van der Waals surface area contributed by atoms with Gasteiger partial charge in [-0.05, 0) is 71.8 Å². The van der Waals surface area contributed by atoms with Gasteiger partial charge in [0.1, 0.15) is 11.0 Å². The summed E-state index contributed by atoms with van der Waals surface area (Å²) >= 11 is 8.74. The fourth-order valence-corrected chi connectivity index (χ4v) is 5.92. The molecule has 0 radical (unpaired) electrons. The average Bonchev–Trinajstić information content (AvgIpc) is 3.46. The number of thioether (sulfide) groups is 1. The summed E-state index contributed by atoms with van der Waals surface area (Å²) in [6.45, 7) is 0. The third-order valence-electron chi connectivity index (χ3n) is 6.13. The zero-order valence-corrected chi connectivity index (χ0v) is 24.4. The van der Waals surface area contributed by atoms with Crippen LogP contribution in [0.15, 0.2) is 113 Å². The average molecular weight is 600 g/mol. The van der Waals surface area contributed by atoms with E-state index in [9.17, 15) is 9.59 Å². The zero-order valence-electron chi connectivity index (χ0n) is 22.0. The molecule has 4 aromatic carbocycles. The van der Waals surface area contributed by atoms with Crippen molar-refractivity contribution in [1.29, 1.82) is 0 Å². The zero-order chi connectivity index (χ0) is 28.6. The predicted molar refractivity (Wildman–Crippen MR) is 168 cm³/mol. The van der Waals surface area contributed by atoms with Gasteiger partial charge in [0.15, 0.2) is 5.13 Å². The van der Waals surface area contributed by atoms with Crippen molar-refractivity contribution in [2.24, 2.45) is 0 Å². The maximum atomic E-state index is 13.5. The largest absolute Gasteiger partial charge is 0.497 e. The topological polar surface area (TPSA) is 80.3 Å². The van der Waals surface area contributed by atoms with E-state index < -0.39 is 5.25 Å². The van der Waals surface area contributed by atoms with Crippen LogP contribution in [0.3, 0.4) is 0 Å². The molecule has 0 fully saturated rings. The van der Waals surface area contributed by atoms with Crippen LogP contribution in [0.25, 0.3) is 11.3 Å². The van der Waals surface area contributed by atoms with Crippen LogP contribution in [0.2, 0.25) is 5.02 Å². The summed E-state index contributed by atoms with van der Waals surface area (Å²) in [5, 5.41) is 8.49. The van der Waals surface area contributed by atoms with Crippen LogP contribution in [-0.2, 0) is 16.0 Å². The van der Waals surface area contributed by atoms with Gasteiger partial charge in [0.05, 0.1) is 19.2 Å². The molecule has 0 bridgehead atoms. The van der Waals surface area contributed by atoms with Gasteiger partial charge in [-0.1, -0.05) is 54.1 Å². The van der Waals surface area contributed by atoms with Gasteiger partial charge in [-0.2, -0.15) is 0 Å². The molecular weight excluding hydrogens is 574 g/mol. The number of methoxy groups -OCH3 is 1. The van der Waals surface area contributed by atoms with Crippen molar-refractivity contribution >= 4 is 57.3 Å². The lowest BCUT2D eigenvalue weighted by molar-refractivity contribution is -0.116. The van der Waals surface area contributed by atoms with Gasteiger partial charge in [-0.3, -0.25) is 9.59 Å². The minimum absolute atomic E-state index is 0.119. The van der Waals surface area contributed by atoms with Crippen LogP contribution < -0.4 is 15.4 Å². The Morgan fingerprint density at radius 3 is 2.29 bits per heavy atom. The number of rotatable bonds is 10. The summed E-state index contributed by atoms with van der Waals surface area (Å²) in [5.41, 5.74) is 4.17. The summed E-state index contributed by atoms with van der Waals surface area (Å²) in [4.78, 5) is 31.5. The lowest BCUT2D eigenvalue weighted by atomic mass is 10.1. The normalized spacial score (nSPS) is 11.5. The Balaban J connectivity index is 1.25.